The molecule has 2 aromatic rings. The first-order valence-electron chi connectivity index (χ1n) is 5.14. The number of hydrogen-bond donors (Lipinski definition) is 1. The average molecular weight is 247 g/mol. The molecule has 17 heavy (non-hydrogen) atoms. The molecule has 0 aliphatic rings. The largest absolute Gasteiger partial charge is 0.510 e. The number of carboxylic acid groups (broad SMARTS) is 1. The van der Waals surface area contributed by atoms with Crippen molar-refractivity contribution in [2.45, 2.75) is 0 Å². The summed E-state index contributed by atoms with van der Waals surface area (Å²) in [4.78, 5) is 10.6. The van der Waals surface area contributed by atoms with Crippen LogP contribution in [0.4, 0.5) is 0 Å². The Balaban J connectivity index is 2.23. The second-order valence-corrected chi connectivity index (χ2v) is 3.92. The Hall–Kier alpha value is -1.77. The molecule has 0 aliphatic carbocycles. The van der Waals surface area contributed by atoms with Gasteiger partial charge in [0.1, 0.15) is 11.4 Å². The number of aromatic nitrogens is 1. The van der Waals surface area contributed by atoms with Gasteiger partial charge in [0.2, 0.25) is 5.76 Å². The molecule has 6 heteroatoms. The molecule has 0 fully saturated rings. The number of nitrogens with zero attached hydrogens (tertiary/aromatic N) is 1. The first-order valence-corrected chi connectivity index (χ1v) is 6.55. The lowest BCUT2D eigenvalue weighted by molar-refractivity contribution is 0.0652. The lowest BCUT2D eigenvalue weighted by Gasteiger charge is -2.02. The van der Waals surface area contributed by atoms with Crippen molar-refractivity contribution in [2.75, 3.05) is 5.47 Å². The monoisotopic (exact) mass is 247 g/mol. The van der Waals surface area contributed by atoms with Crippen LogP contribution < -0.4 is 4.74 Å². The predicted octanol–water partition coefficient (Wildman–Crippen LogP) is 1.01. The summed E-state index contributed by atoms with van der Waals surface area (Å²) in [6, 6.07) is 8.67. The van der Waals surface area contributed by atoms with Crippen LogP contribution in [0.25, 0.3) is 11.3 Å². The first-order chi connectivity index (χ1) is 8.20. The van der Waals surface area contributed by atoms with Crippen molar-refractivity contribution in [3.05, 3.63) is 36.1 Å². The summed E-state index contributed by atoms with van der Waals surface area (Å²) in [5, 5.41) is 12.4. The van der Waals surface area contributed by atoms with Crippen LogP contribution in [0, 0.1) is 0 Å². The zero-order valence-electron chi connectivity index (χ0n) is 9.21. The van der Waals surface area contributed by atoms with Crippen molar-refractivity contribution in [3.63, 3.8) is 0 Å². The summed E-state index contributed by atoms with van der Waals surface area (Å²) < 4.78 is 10.0. The van der Waals surface area contributed by atoms with Gasteiger partial charge in [-0.3, -0.25) is 0 Å². The van der Waals surface area contributed by atoms with E-state index >= 15 is 0 Å². The second-order valence-electron chi connectivity index (χ2n) is 3.34. The molecule has 2 rings (SSSR count). The molecule has 5 nitrogen and oxygen atoms in total. The molecule has 1 aromatic heterocycles. The fourth-order valence-corrected chi connectivity index (χ4v) is 1.73. The number of aromatic carboxylic acids is 1. The highest BCUT2D eigenvalue weighted by Crippen LogP contribution is 2.22. The number of carboxylic acids is 1. The molecule has 0 amide bonds. The van der Waals surface area contributed by atoms with E-state index in [9.17, 15) is 4.79 Å². The number of ether oxygens (including phenoxy) is 1. The van der Waals surface area contributed by atoms with Gasteiger partial charge >= 0.3 is 5.97 Å². The van der Waals surface area contributed by atoms with Gasteiger partial charge in [-0.2, -0.15) is 0 Å². The van der Waals surface area contributed by atoms with E-state index in [4.69, 9.17) is 9.84 Å². The topological polar surface area (TPSA) is 72.6 Å². The maximum atomic E-state index is 10.6. The highest BCUT2D eigenvalue weighted by Gasteiger charge is 2.12. The van der Waals surface area contributed by atoms with Crippen molar-refractivity contribution in [1.29, 1.82) is 0 Å². The Bertz CT molecular complexity index is 521. The van der Waals surface area contributed by atoms with E-state index in [0.717, 1.165) is 33.1 Å². The van der Waals surface area contributed by atoms with Gasteiger partial charge in [-0.15, -0.1) is 0 Å². The quantitative estimate of drug-likeness (QED) is 0.816. The van der Waals surface area contributed by atoms with Crippen LogP contribution >= 0.6 is 0 Å². The number of hydrogen-bond acceptors (Lipinski definition) is 4. The van der Waals surface area contributed by atoms with Gasteiger partial charge in [-0.25, -0.2) is 4.79 Å². The predicted molar refractivity (Wildman–Crippen MR) is 62.9 cm³/mol. The van der Waals surface area contributed by atoms with Crippen LogP contribution in [0.2, 0.25) is 0 Å². The van der Waals surface area contributed by atoms with Crippen molar-refractivity contribution < 1.29 is 19.2 Å². The summed E-state index contributed by atoms with van der Waals surface area (Å²) >= 11 is 0.984. The molecular weight excluding hydrogens is 237 g/mol. The molecule has 1 heterocycles. The Morgan fingerprint density at radius 2 is 2.12 bits per heavy atom. The van der Waals surface area contributed by atoms with Gasteiger partial charge in [-0.1, -0.05) is 5.16 Å². The summed E-state index contributed by atoms with van der Waals surface area (Å²) in [5.41, 5.74) is 2.04. The maximum Gasteiger partial charge on any atom is 0.374 e. The van der Waals surface area contributed by atoms with E-state index < -0.39 is 5.97 Å². The van der Waals surface area contributed by atoms with Crippen molar-refractivity contribution >= 4 is 22.3 Å². The Labute approximate surface area is 105 Å². The fourth-order valence-electron chi connectivity index (χ4n) is 1.40. The average Bonchev–Trinajstić information content (AvgIpc) is 2.80. The van der Waals surface area contributed by atoms with Gasteiger partial charge in [0.15, 0.2) is 0 Å². The van der Waals surface area contributed by atoms with Crippen LogP contribution in [-0.4, -0.2) is 38.0 Å². The minimum Gasteiger partial charge on any atom is -0.510 e. The molecule has 0 radical (unpaired) electrons. The first kappa shape index (κ1) is 11.7. The van der Waals surface area contributed by atoms with Gasteiger partial charge in [0.25, 0.3) is 16.3 Å². The maximum absolute atomic E-state index is 10.6. The minimum atomic E-state index is -1.13. The summed E-state index contributed by atoms with van der Waals surface area (Å²) in [6.07, 6.45) is 0. The molecule has 0 aliphatic heterocycles. The standard InChI is InChI=1S/C11H8NO4.Al.2H/c1-15-8-4-2-7(3-5-8)9-6-10(11(13)14)16-12-9;;;/h2-6H,1H2,(H,13,14);;;. The molecule has 0 bridgehead atoms. The molecule has 86 valence electrons. The fraction of sp³-hybridized carbons (Fsp3) is 0.0909. The van der Waals surface area contributed by atoms with Crippen LogP contribution in [0.5, 0.6) is 5.75 Å². The second kappa shape index (κ2) is 5.04. The van der Waals surface area contributed by atoms with Crippen LogP contribution in [0.3, 0.4) is 0 Å². The summed E-state index contributed by atoms with van der Waals surface area (Å²) in [7, 11) is 0. The van der Waals surface area contributed by atoms with Gasteiger partial charge in [0.05, 0.1) is 0 Å². The third kappa shape index (κ3) is 2.67. The smallest absolute Gasteiger partial charge is 0.374 e. The van der Waals surface area contributed by atoms with Crippen LogP contribution in [0.1, 0.15) is 10.6 Å². The number of rotatable bonds is 4. The SMILES string of the molecule is O=C(O)c1cc(-c2ccc(O[CH2][AlH2])cc2)no1. The van der Waals surface area contributed by atoms with E-state index in [-0.39, 0.29) is 5.76 Å². The molecule has 0 atom stereocenters. The van der Waals surface area contributed by atoms with Crippen LogP contribution in [0.15, 0.2) is 34.9 Å². The Kier molecular flexibility index (Phi) is 3.47. The molecule has 0 saturated carbocycles. The van der Waals surface area contributed by atoms with E-state index in [1.165, 1.54) is 6.07 Å². The molecule has 1 aromatic carbocycles. The van der Waals surface area contributed by atoms with E-state index in [2.05, 4.69) is 9.68 Å². The zero-order chi connectivity index (χ0) is 12.3. The summed E-state index contributed by atoms with van der Waals surface area (Å²) in [6.45, 7) is 0. The highest BCUT2D eigenvalue weighted by molar-refractivity contribution is 6.08. The molecule has 1 N–H and O–H groups in total. The van der Waals surface area contributed by atoms with Crippen molar-refractivity contribution in [1.82, 2.24) is 5.16 Å². The van der Waals surface area contributed by atoms with Crippen molar-refractivity contribution in [3.8, 4) is 17.0 Å². The highest BCUT2D eigenvalue weighted by atomic mass is 27.0. The number of carbonyl (C=O) groups is 1. The normalized spacial score (nSPS) is 10.1. The molecular formula is C11H10AlNO4. The third-order valence-corrected chi connectivity index (χ3v) is 2.47. The minimum absolute atomic E-state index is 0.167. The van der Waals surface area contributed by atoms with Crippen molar-refractivity contribution in [2.24, 2.45) is 0 Å². The molecule has 0 spiro atoms. The third-order valence-electron chi connectivity index (χ3n) is 2.18. The molecule has 0 saturated heterocycles. The lowest BCUT2D eigenvalue weighted by atomic mass is 10.1. The molecule has 0 unspecified atom stereocenters. The Morgan fingerprint density at radius 3 is 2.65 bits per heavy atom. The Morgan fingerprint density at radius 1 is 1.41 bits per heavy atom. The lowest BCUT2D eigenvalue weighted by Crippen LogP contribution is -1.94. The summed E-state index contributed by atoms with van der Waals surface area (Å²) in [5.74, 6) is -0.495. The zero-order valence-corrected chi connectivity index (χ0v) is 11.2. The van der Waals surface area contributed by atoms with Gasteiger partial charge < -0.3 is 14.4 Å². The van der Waals surface area contributed by atoms with E-state index in [1.807, 2.05) is 24.3 Å². The van der Waals surface area contributed by atoms with Crippen LogP contribution in [-0.2, 0) is 0 Å². The van der Waals surface area contributed by atoms with E-state index in [1.54, 1.807) is 0 Å². The van der Waals surface area contributed by atoms with E-state index in [0.29, 0.717) is 5.69 Å². The number of benzene rings is 1. The van der Waals surface area contributed by atoms with Gasteiger partial charge in [-0.05, 0) is 24.3 Å². The van der Waals surface area contributed by atoms with Gasteiger partial charge in [0, 0.05) is 17.1 Å².